The Morgan fingerprint density at radius 3 is 2.42 bits per heavy atom. The summed E-state index contributed by atoms with van der Waals surface area (Å²) in [6, 6.07) is 10.3. The molecule has 1 amide bonds. The van der Waals surface area contributed by atoms with Crippen LogP contribution < -0.4 is 4.90 Å². The highest BCUT2D eigenvalue weighted by Gasteiger charge is 2.30. The van der Waals surface area contributed by atoms with Crippen molar-refractivity contribution in [1.29, 1.82) is 0 Å². The molecule has 0 radical (unpaired) electrons. The van der Waals surface area contributed by atoms with Crippen LogP contribution in [0.4, 0.5) is 5.13 Å². The normalized spacial score (nSPS) is 15.6. The molecule has 0 N–H and O–H groups in total. The second kappa shape index (κ2) is 6.89. The lowest BCUT2D eigenvalue weighted by Crippen LogP contribution is -2.51. The van der Waals surface area contributed by atoms with E-state index in [-0.39, 0.29) is 11.3 Å². The van der Waals surface area contributed by atoms with Gasteiger partial charge < -0.3 is 9.80 Å². The highest BCUT2D eigenvalue weighted by Crippen LogP contribution is 2.23. The number of benzene rings is 1. The number of carbonyl (C=O) groups excluding carboxylic acids is 1. The minimum Gasteiger partial charge on any atom is -0.343 e. The molecule has 0 saturated carbocycles. The van der Waals surface area contributed by atoms with Gasteiger partial charge in [-0.15, -0.1) is 0 Å². The van der Waals surface area contributed by atoms with E-state index in [4.69, 9.17) is 0 Å². The first-order chi connectivity index (χ1) is 11.4. The van der Waals surface area contributed by atoms with Crippen LogP contribution in [0.25, 0.3) is 0 Å². The van der Waals surface area contributed by atoms with Gasteiger partial charge in [0.05, 0.1) is 0 Å². The van der Waals surface area contributed by atoms with Gasteiger partial charge in [-0.2, -0.15) is 4.37 Å². The molecule has 3 rings (SSSR count). The van der Waals surface area contributed by atoms with Gasteiger partial charge in [0, 0.05) is 49.5 Å². The Balaban J connectivity index is 1.58. The summed E-state index contributed by atoms with van der Waals surface area (Å²) in [6.45, 7) is 9.07. The van der Waals surface area contributed by atoms with Crippen LogP contribution in [0.5, 0.6) is 0 Å². The lowest BCUT2D eigenvalue weighted by molar-refractivity contribution is -0.139. The van der Waals surface area contributed by atoms with Crippen molar-refractivity contribution in [3.05, 3.63) is 41.7 Å². The average molecular weight is 344 g/mol. The number of nitrogens with zero attached hydrogens (tertiary/aromatic N) is 4. The van der Waals surface area contributed by atoms with E-state index < -0.39 is 0 Å². The zero-order valence-electron chi connectivity index (χ0n) is 14.5. The summed E-state index contributed by atoms with van der Waals surface area (Å²) < 4.78 is 4.49. The van der Waals surface area contributed by atoms with Crippen LogP contribution in [-0.4, -0.2) is 46.3 Å². The number of piperazine rings is 1. The summed E-state index contributed by atoms with van der Waals surface area (Å²) in [5.74, 6) is 1.10. The van der Waals surface area contributed by atoms with Crippen molar-refractivity contribution >= 4 is 22.6 Å². The van der Waals surface area contributed by atoms with E-state index in [1.807, 2.05) is 43.9 Å². The average Bonchev–Trinajstić information content (AvgIpc) is 3.03. The molecule has 0 bridgehead atoms. The Kier molecular flexibility index (Phi) is 4.85. The summed E-state index contributed by atoms with van der Waals surface area (Å²) in [5.41, 5.74) is 0.913. The van der Waals surface area contributed by atoms with Gasteiger partial charge >= 0.3 is 0 Å². The molecular weight excluding hydrogens is 320 g/mol. The second-order valence-corrected chi connectivity index (χ2v) is 7.92. The fourth-order valence-corrected chi connectivity index (χ4v) is 3.54. The van der Waals surface area contributed by atoms with Crippen LogP contribution >= 0.6 is 11.5 Å². The van der Waals surface area contributed by atoms with Gasteiger partial charge in [0.25, 0.3) is 0 Å². The molecule has 0 unspecified atom stereocenters. The molecule has 1 aliphatic rings. The molecule has 1 aliphatic heterocycles. The SMILES string of the molecule is CC(C)(C)C(=O)N1CCN(c2nc(Cc3ccccc3)ns2)CC1. The molecule has 2 aromatic rings. The molecule has 1 saturated heterocycles. The fraction of sp³-hybridized carbons (Fsp3) is 0.500. The third kappa shape index (κ3) is 3.93. The van der Waals surface area contributed by atoms with E-state index in [9.17, 15) is 4.79 Å². The third-order valence-corrected chi connectivity index (χ3v) is 4.96. The summed E-state index contributed by atoms with van der Waals surface area (Å²) in [4.78, 5) is 21.2. The molecule has 5 nitrogen and oxygen atoms in total. The van der Waals surface area contributed by atoms with Crippen LogP contribution in [0, 0.1) is 5.41 Å². The third-order valence-electron chi connectivity index (χ3n) is 4.14. The van der Waals surface area contributed by atoms with Crippen molar-refractivity contribution in [3.8, 4) is 0 Å². The van der Waals surface area contributed by atoms with E-state index in [0.29, 0.717) is 0 Å². The molecule has 0 aliphatic carbocycles. The summed E-state index contributed by atoms with van der Waals surface area (Å²) in [7, 11) is 0. The van der Waals surface area contributed by atoms with Gasteiger partial charge in [0.2, 0.25) is 11.0 Å². The molecule has 0 spiro atoms. The van der Waals surface area contributed by atoms with E-state index in [1.54, 1.807) is 0 Å². The molecule has 24 heavy (non-hydrogen) atoms. The number of aromatic nitrogens is 2. The van der Waals surface area contributed by atoms with Crippen LogP contribution in [0.3, 0.4) is 0 Å². The van der Waals surface area contributed by atoms with Gasteiger partial charge in [-0.1, -0.05) is 51.1 Å². The Morgan fingerprint density at radius 2 is 1.79 bits per heavy atom. The smallest absolute Gasteiger partial charge is 0.228 e. The van der Waals surface area contributed by atoms with Gasteiger partial charge in [-0.05, 0) is 5.56 Å². The minimum atomic E-state index is -0.312. The fourth-order valence-electron chi connectivity index (χ4n) is 2.80. The van der Waals surface area contributed by atoms with E-state index in [2.05, 4.69) is 26.4 Å². The molecule has 0 atom stereocenters. The number of hydrogen-bond donors (Lipinski definition) is 0. The van der Waals surface area contributed by atoms with Crippen molar-refractivity contribution < 1.29 is 4.79 Å². The van der Waals surface area contributed by atoms with E-state index >= 15 is 0 Å². The summed E-state index contributed by atoms with van der Waals surface area (Å²) in [5, 5.41) is 0.962. The molecule has 1 aromatic heterocycles. The first-order valence-electron chi connectivity index (χ1n) is 8.34. The van der Waals surface area contributed by atoms with Gasteiger partial charge in [0.15, 0.2) is 0 Å². The maximum atomic E-state index is 12.4. The quantitative estimate of drug-likeness (QED) is 0.859. The Labute approximate surface area is 147 Å². The predicted molar refractivity (Wildman–Crippen MR) is 97.4 cm³/mol. The van der Waals surface area contributed by atoms with E-state index in [1.165, 1.54) is 17.1 Å². The van der Waals surface area contributed by atoms with Gasteiger partial charge in [-0.3, -0.25) is 4.79 Å². The summed E-state index contributed by atoms with van der Waals surface area (Å²) in [6.07, 6.45) is 0.764. The number of hydrogen-bond acceptors (Lipinski definition) is 5. The number of amides is 1. The molecule has 1 aromatic carbocycles. The highest BCUT2D eigenvalue weighted by molar-refractivity contribution is 7.09. The van der Waals surface area contributed by atoms with Crippen molar-refractivity contribution in [1.82, 2.24) is 14.3 Å². The largest absolute Gasteiger partial charge is 0.343 e. The molecule has 128 valence electrons. The second-order valence-electron chi connectivity index (χ2n) is 7.18. The zero-order valence-corrected chi connectivity index (χ0v) is 15.3. The predicted octanol–water partition coefficient (Wildman–Crippen LogP) is 2.82. The lowest BCUT2D eigenvalue weighted by Gasteiger charge is -2.37. The first kappa shape index (κ1) is 16.9. The van der Waals surface area contributed by atoms with Gasteiger partial charge in [0.1, 0.15) is 5.82 Å². The Hall–Kier alpha value is -1.95. The molecule has 1 fully saturated rings. The van der Waals surface area contributed by atoms with E-state index in [0.717, 1.165) is 43.6 Å². The van der Waals surface area contributed by atoms with Crippen molar-refractivity contribution in [2.45, 2.75) is 27.2 Å². The number of rotatable bonds is 3. The molecular formula is C18H24N4OS. The van der Waals surface area contributed by atoms with Crippen molar-refractivity contribution in [2.24, 2.45) is 5.41 Å². The van der Waals surface area contributed by atoms with Crippen LogP contribution in [0.2, 0.25) is 0 Å². The summed E-state index contributed by atoms with van der Waals surface area (Å²) >= 11 is 1.45. The lowest BCUT2D eigenvalue weighted by atomic mass is 9.94. The van der Waals surface area contributed by atoms with Crippen molar-refractivity contribution in [3.63, 3.8) is 0 Å². The monoisotopic (exact) mass is 344 g/mol. The maximum Gasteiger partial charge on any atom is 0.228 e. The van der Waals surface area contributed by atoms with Crippen LogP contribution in [0.1, 0.15) is 32.2 Å². The zero-order chi connectivity index (χ0) is 17.2. The first-order valence-corrected chi connectivity index (χ1v) is 9.11. The number of carbonyl (C=O) groups is 1. The topological polar surface area (TPSA) is 49.3 Å². The minimum absolute atomic E-state index is 0.226. The van der Waals surface area contributed by atoms with Crippen LogP contribution in [-0.2, 0) is 11.2 Å². The number of anilines is 1. The molecule has 2 heterocycles. The van der Waals surface area contributed by atoms with Crippen LogP contribution in [0.15, 0.2) is 30.3 Å². The van der Waals surface area contributed by atoms with Crippen molar-refractivity contribution in [2.75, 3.05) is 31.1 Å². The Bertz CT molecular complexity index is 685. The Morgan fingerprint density at radius 1 is 1.12 bits per heavy atom. The standard InChI is InChI=1S/C18H24N4OS/c1-18(2,3)16(23)21-9-11-22(12-10-21)17-19-15(20-24-17)13-14-7-5-4-6-8-14/h4-8H,9-13H2,1-3H3. The maximum absolute atomic E-state index is 12.4. The molecule has 6 heteroatoms. The van der Waals surface area contributed by atoms with Gasteiger partial charge in [-0.25, -0.2) is 4.98 Å². The highest BCUT2D eigenvalue weighted by atomic mass is 32.1.